The molecule has 0 radical (unpaired) electrons. The van der Waals surface area contributed by atoms with E-state index in [1.807, 2.05) is 0 Å². The van der Waals surface area contributed by atoms with Gasteiger partial charge in [-0.2, -0.15) is 0 Å². The van der Waals surface area contributed by atoms with Gasteiger partial charge in [-0.1, -0.05) is 0 Å². The molecule has 2 saturated heterocycles. The van der Waals surface area contributed by atoms with Crippen molar-refractivity contribution in [3.63, 3.8) is 0 Å². The van der Waals surface area contributed by atoms with Gasteiger partial charge in [-0.3, -0.25) is 0 Å². The maximum absolute atomic E-state index is 10.00. The first-order valence-corrected chi connectivity index (χ1v) is 7.04. The van der Waals surface area contributed by atoms with Crippen molar-refractivity contribution < 1.29 is 55.1 Å². The third-order valence-corrected chi connectivity index (χ3v) is 4.02. The van der Waals surface area contributed by atoms with E-state index >= 15 is 0 Å². The van der Waals surface area contributed by atoms with Gasteiger partial charge in [-0.05, 0) is 0 Å². The van der Waals surface area contributed by atoms with Crippen LogP contribution in [0, 0.1) is 0 Å². The molecule has 11 heteroatoms. The summed E-state index contributed by atoms with van der Waals surface area (Å²) >= 11 is 0. The van der Waals surface area contributed by atoms with Crippen molar-refractivity contribution in [2.45, 2.75) is 54.8 Å². The van der Waals surface area contributed by atoms with E-state index in [1.54, 1.807) is 0 Å². The Labute approximate surface area is 130 Å². The van der Waals surface area contributed by atoms with Crippen LogP contribution in [0.1, 0.15) is 0 Å². The molecular weight excluding hydrogens is 320 g/mol. The van der Waals surface area contributed by atoms with Crippen LogP contribution >= 0.6 is 0 Å². The molecule has 0 spiro atoms. The largest absolute Gasteiger partial charge is 0.394 e. The van der Waals surface area contributed by atoms with E-state index in [2.05, 4.69) is 0 Å². The second-order valence-electron chi connectivity index (χ2n) is 5.62. The number of hydrogen-bond acceptors (Lipinski definition) is 11. The molecule has 0 aromatic heterocycles. The summed E-state index contributed by atoms with van der Waals surface area (Å²) in [7, 11) is 0. The fourth-order valence-electron chi connectivity index (χ4n) is 2.52. The van der Waals surface area contributed by atoms with Crippen molar-refractivity contribution in [1.29, 1.82) is 0 Å². The Morgan fingerprint density at radius 1 is 1.00 bits per heavy atom. The first-order valence-electron chi connectivity index (χ1n) is 7.04. The second-order valence-corrected chi connectivity index (χ2v) is 5.62. The monoisotopic (exact) mass is 342 g/mol. The Morgan fingerprint density at radius 3 is 2.22 bits per heavy atom. The highest BCUT2D eigenvalue weighted by atomic mass is 16.7. The lowest BCUT2D eigenvalue weighted by atomic mass is 9.96. The van der Waals surface area contributed by atoms with Crippen LogP contribution in [-0.2, 0) is 14.2 Å². The molecule has 23 heavy (non-hydrogen) atoms. The molecule has 8 N–H and O–H groups in total. The van der Waals surface area contributed by atoms with Gasteiger partial charge in [0.05, 0.1) is 19.8 Å². The Hall–Kier alpha value is -0.440. The molecule has 2 heterocycles. The molecule has 2 aliphatic rings. The zero-order valence-corrected chi connectivity index (χ0v) is 12.0. The summed E-state index contributed by atoms with van der Waals surface area (Å²) in [6, 6.07) is 0. The molecule has 2 aliphatic heterocycles. The molecule has 0 bridgehead atoms. The number of ether oxygens (including phenoxy) is 3. The molecular formula is C12H22O11. The fraction of sp³-hybridized carbons (Fsp3) is 1.00. The van der Waals surface area contributed by atoms with E-state index in [9.17, 15) is 30.6 Å². The zero-order valence-electron chi connectivity index (χ0n) is 12.0. The van der Waals surface area contributed by atoms with Crippen molar-refractivity contribution in [1.82, 2.24) is 0 Å². The van der Waals surface area contributed by atoms with Gasteiger partial charge in [0, 0.05) is 0 Å². The minimum Gasteiger partial charge on any atom is -0.394 e. The van der Waals surface area contributed by atoms with Crippen LogP contribution in [0.4, 0.5) is 0 Å². The Kier molecular flexibility index (Phi) is 5.92. The summed E-state index contributed by atoms with van der Waals surface area (Å²) in [4.78, 5) is 0. The quantitative estimate of drug-likeness (QED) is 0.243. The SMILES string of the molecule is OC[C@H]1O[C@@H](O[C@@H]2[C@H](O)CO[C@@](O)(CO)[C@H]2O)[C@H](O)[C@@H](O)[C@@H]1O. The fourth-order valence-corrected chi connectivity index (χ4v) is 2.52. The van der Waals surface area contributed by atoms with Gasteiger partial charge in [0.2, 0.25) is 5.79 Å². The smallest absolute Gasteiger partial charge is 0.218 e. The molecule has 0 unspecified atom stereocenters. The lowest BCUT2D eigenvalue weighted by Gasteiger charge is -2.46. The van der Waals surface area contributed by atoms with Crippen LogP contribution < -0.4 is 0 Å². The number of rotatable bonds is 4. The summed E-state index contributed by atoms with van der Waals surface area (Å²) in [5.41, 5.74) is 0. The molecule has 0 amide bonds. The molecule has 0 aliphatic carbocycles. The minimum absolute atomic E-state index is 0.476. The third kappa shape index (κ3) is 3.50. The van der Waals surface area contributed by atoms with E-state index in [1.165, 1.54) is 0 Å². The zero-order chi connectivity index (χ0) is 17.4. The number of aliphatic hydroxyl groups excluding tert-OH is 7. The van der Waals surface area contributed by atoms with E-state index in [0.29, 0.717) is 0 Å². The predicted octanol–water partition coefficient (Wildman–Crippen LogP) is -5.40. The maximum Gasteiger partial charge on any atom is 0.218 e. The average Bonchev–Trinajstić information content (AvgIpc) is 2.55. The molecule has 9 atom stereocenters. The lowest BCUT2D eigenvalue weighted by molar-refractivity contribution is -0.373. The van der Waals surface area contributed by atoms with Crippen molar-refractivity contribution in [2.75, 3.05) is 19.8 Å². The molecule has 2 rings (SSSR count). The summed E-state index contributed by atoms with van der Waals surface area (Å²) in [5.74, 6) is -2.38. The Balaban J connectivity index is 2.12. The van der Waals surface area contributed by atoms with Gasteiger partial charge in [-0.25, -0.2) is 0 Å². The van der Waals surface area contributed by atoms with Crippen molar-refractivity contribution in [3.05, 3.63) is 0 Å². The van der Waals surface area contributed by atoms with Gasteiger partial charge in [0.1, 0.15) is 42.7 Å². The van der Waals surface area contributed by atoms with Crippen LogP contribution in [0.15, 0.2) is 0 Å². The van der Waals surface area contributed by atoms with Crippen molar-refractivity contribution in [2.24, 2.45) is 0 Å². The first-order chi connectivity index (χ1) is 10.7. The summed E-state index contributed by atoms with van der Waals surface area (Å²) < 4.78 is 15.1. The number of aliphatic hydroxyl groups is 8. The average molecular weight is 342 g/mol. The summed E-state index contributed by atoms with van der Waals surface area (Å²) in [6.45, 7) is -2.13. The van der Waals surface area contributed by atoms with Crippen LogP contribution in [0.2, 0.25) is 0 Å². The molecule has 0 aromatic carbocycles. The van der Waals surface area contributed by atoms with Gasteiger partial charge in [0.25, 0.3) is 0 Å². The molecule has 11 nitrogen and oxygen atoms in total. The molecule has 0 saturated carbocycles. The van der Waals surface area contributed by atoms with Gasteiger partial charge in [0.15, 0.2) is 6.29 Å². The van der Waals surface area contributed by atoms with Gasteiger partial charge < -0.3 is 55.1 Å². The second kappa shape index (κ2) is 7.21. The normalized spacial score (nSPS) is 51.7. The maximum atomic E-state index is 10.00. The third-order valence-electron chi connectivity index (χ3n) is 4.02. The Bertz CT molecular complexity index is 393. The summed E-state index contributed by atoms with van der Waals surface area (Å²) in [5, 5.41) is 77.1. The minimum atomic E-state index is -2.38. The lowest BCUT2D eigenvalue weighted by Crippen LogP contribution is -2.66. The summed E-state index contributed by atoms with van der Waals surface area (Å²) in [6.07, 6.45) is -12.7. The molecule has 136 valence electrons. The Morgan fingerprint density at radius 2 is 1.65 bits per heavy atom. The van der Waals surface area contributed by atoms with Crippen LogP contribution in [0.5, 0.6) is 0 Å². The van der Waals surface area contributed by atoms with E-state index in [4.69, 9.17) is 24.4 Å². The van der Waals surface area contributed by atoms with E-state index < -0.39 is 74.6 Å². The van der Waals surface area contributed by atoms with Crippen LogP contribution in [0.3, 0.4) is 0 Å². The first kappa shape index (κ1) is 18.9. The van der Waals surface area contributed by atoms with Gasteiger partial charge in [-0.15, -0.1) is 0 Å². The number of hydrogen-bond donors (Lipinski definition) is 8. The predicted molar refractivity (Wildman–Crippen MR) is 68.6 cm³/mol. The topological polar surface area (TPSA) is 190 Å². The highest BCUT2D eigenvalue weighted by Crippen LogP contribution is 2.29. The molecule has 2 fully saturated rings. The highest BCUT2D eigenvalue weighted by Gasteiger charge is 2.52. The highest BCUT2D eigenvalue weighted by molar-refractivity contribution is 4.95. The van der Waals surface area contributed by atoms with Crippen molar-refractivity contribution in [3.8, 4) is 0 Å². The van der Waals surface area contributed by atoms with Crippen LogP contribution in [-0.4, -0.2) is 115 Å². The molecule has 0 aromatic rings. The standard InChI is InChI=1S/C12H22O11/c13-1-5-6(16)7(17)8(18)11(22-5)23-9-4(15)2-21-12(20,3-14)10(9)19/h4-11,13-20H,1-3H2/t4-,5-,6-,7+,8-,9-,10+,11+,12+/m1/s1. The van der Waals surface area contributed by atoms with Crippen LogP contribution in [0.25, 0.3) is 0 Å². The van der Waals surface area contributed by atoms with Gasteiger partial charge >= 0.3 is 0 Å². The van der Waals surface area contributed by atoms with Crippen molar-refractivity contribution >= 4 is 0 Å². The van der Waals surface area contributed by atoms with E-state index in [0.717, 1.165) is 0 Å². The van der Waals surface area contributed by atoms with E-state index in [-0.39, 0.29) is 0 Å².